The number of benzene rings is 2. The molecule has 0 bridgehead atoms. The first-order valence-electron chi connectivity index (χ1n) is 8.96. The molecule has 4 aromatic rings. The maximum absolute atomic E-state index is 12.2. The average molecular weight is 369 g/mol. The number of nitrogens with zero attached hydrogens (tertiary/aromatic N) is 3. The van der Waals surface area contributed by atoms with Crippen LogP contribution in [0.3, 0.4) is 0 Å². The van der Waals surface area contributed by atoms with Gasteiger partial charge in [-0.1, -0.05) is 42.0 Å². The Balaban J connectivity index is 1.61. The van der Waals surface area contributed by atoms with E-state index in [0.29, 0.717) is 11.6 Å². The molecule has 2 aromatic heterocycles. The highest BCUT2D eigenvalue weighted by Crippen LogP contribution is 2.27. The number of pyridine rings is 1. The molecule has 0 saturated carbocycles. The second kappa shape index (κ2) is 7.84. The molecule has 28 heavy (non-hydrogen) atoms. The zero-order chi connectivity index (χ0) is 19.3. The summed E-state index contributed by atoms with van der Waals surface area (Å²) < 4.78 is 0. The van der Waals surface area contributed by atoms with Crippen LogP contribution in [0.2, 0.25) is 0 Å². The van der Waals surface area contributed by atoms with Gasteiger partial charge in [-0.2, -0.15) is 0 Å². The van der Waals surface area contributed by atoms with Crippen LogP contribution >= 0.6 is 0 Å². The van der Waals surface area contributed by atoms with E-state index in [2.05, 4.69) is 31.7 Å². The first-order valence-corrected chi connectivity index (χ1v) is 8.96. The van der Waals surface area contributed by atoms with Gasteiger partial charge in [0.05, 0.1) is 17.8 Å². The summed E-state index contributed by atoms with van der Waals surface area (Å²) in [5.41, 5.74) is 4.51. The lowest BCUT2D eigenvalue weighted by atomic mass is 10.0. The van der Waals surface area contributed by atoms with E-state index in [4.69, 9.17) is 0 Å². The number of carbonyl (C=O) groups excluding carboxylic acids is 1. The molecule has 6 heteroatoms. The molecule has 2 N–H and O–H groups in total. The van der Waals surface area contributed by atoms with Gasteiger partial charge in [-0.25, -0.2) is 9.97 Å². The van der Waals surface area contributed by atoms with Crippen molar-refractivity contribution in [2.45, 2.75) is 6.92 Å². The molecule has 4 rings (SSSR count). The number of aryl methyl sites for hydroxylation is 1. The Hall–Kier alpha value is -3.80. The summed E-state index contributed by atoms with van der Waals surface area (Å²) >= 11 is 0. The molecule has 0 atom stereocenters. The van der Waals surface area contributed by atoms with E-state index in [1.54, 1.807) is 24.5 Å². The minimum Gasteiger partial charge on any atom is -0.345 e. The molecular formula is C22H19N5O. The van der Waals surface area contributed by atoms with Gasteiger partial charge in [0.25, 0.3) is 0 Å². The van der Waals surface area contributed by atoms with Crippen molar-refractivity contribution in [2.24, 2.45) is 0 Å². The molecule has 0 aliphatic heterocycles. The number of hydrogen-bond acceptors (Lipinski definition) is 5. The van der Waals surface area contributed by atoms with Crippen molar-refractivity contribution in [3.05, 3.63) is 78.6 Å². The molecule has 0 spiro atoms. The van der Waals surface area contributed by atoms with Crippen LogP contribution < -0.4 is 10.6 Å². The van der Waals surface area contributed by atoms with E-state index >= 15 is 0 Å². The van der Waals surface area contributed by atoms with E-state index in [1.807, 2.05) is 49.4 Å². The summed E-state index contributed by atoms with van der Waals surface area (Å²) in [6.07, 6.45) is 3.26. The van der Waals surface area contributed by atoms with Crippen LogP contribution in [-0.2, 0) is 4.79 Å². The zero-order valence-corrected chi connectivity index (χ0v) is 15.4. The number of hydrogen-bond donors (Lipinski definition) is 2. The largest absolute Gasteiger partial charge is 0.345 e. The van der Waals surface area contributed by atoms with Gasteiger partial charge in [-0.15, -0.1) is 0 Å². The monoisotopic (exact) mass is 369 g/mol. The topological polar surface area (TPSA) is 79.8 Å². The van der Waals surface area contributed by atoms with Crippen LogP contribution in [0.15, 0.2) is 73.1 Å². The highest BCUT2D eigenvalue weighted by Gasteiger charge is 2.11. The molecule has 0 radical (unpaired) electrons. The Morgan fingerprint density at radius 2 is 1.75 bits per heavy atom. The fourth-order valence-electron chi connectivity index (χ4n) is 2.94. The summed E-state index contributed by atoms with van der Waals surface area (Å²) in [5, 5.41) is 6.82. The van der Waals surface area contributed by atoms with Crippen molar-refractivity contribution >= 4 is 28.4 Å². The predicted molar refractivity (Wildman–Crippen MR) is 111 cm³/mol. The minimum absolute atomic E-state index is 0.0634. The fraction of sp³-hybridized carbons (Fsp3) is 0.0909. The van der Waals surface area contributed by atoms with Crippen LogP contribution in [0.5, 0.6) is 0 Å². The first kappa shape index (κ1) is 17.6. The summed E-state index contributed by atoms with van der Waals surface area (Å²) in [6.45, 7) is 2.11. The van der Waals surface area contributed by atoms with Crippen LogP contribution in [0.4, 0.5) is 11.6 Å². The van der Waals surface area contributed by atoms with E-state index in [9.17, 15) is 4.79 Å². The molecule has 2 heterocycles. The summed E-state index contributed by atoms with van der Waals surface area (Å²) in [6, 6.07) is 19.5. The van der Waals surface area contributed by atoms with Gasteiger partial charge in [0, 0.05) is 29.0 Å². The molecule has 2 aromatic carbocycles. The fourth-order valence-corrected chi connectivity index (χ4v) is 2.94. The van der Waals surface area contributed by atoms with Gasteiger partial charge in [-0.3, -0.25) is 9.78 Å². The van der Waals surface area contributed by atoms with Crippen LogP contribution in [0.1, 0.15) is 5.56 Å². The number of nitrogens with one attached hydrogen (secondary N) is 2. The van der Waals surface area contributed by atoms with Gasteiger partial charge >= 0.3 is 0 Å². The lowest BCUT2D eigenvalue weighted by Crippen LogP contribution is -2.22. The number of fused-ring (bicyclic) bond motifs is 1. The van der Waals surface area contributed by atoms with Crippen molar-refractivity contribution in [3.63, 3.8) is 0 Å². The van der Waals surface area contributed by atoms with E-state index in [1.165, 1.54) is 0 Å². The number of rotatable bonds is 5. The molecule has 6 nitrogen and oxygen atoms in total. The Kier molecular flexibility index (Phi) is 4.93. The molecule has 0 aliphatic carbocycles. The molecule has 138 valence electrons. The number of aromatic nitrogens is 3. The maximum Gasteiger partial charge on any atom is 0.243 e. The second-order valence-electron chi connectivity index (χ2n) is 6.42. The lowest BCUT2D eigenvalue weighted by molar-refractivity contribution is -0.114. The van der Waals surface area contributed by atoms with Crippen molar-refractivity contribution in [3.8, 4) is 11.3 Å². The van der Waals surface area contributed by atoms with E-state index in [0.717, 1.165) is 27.7 Å². The summed E-state index contributed by atoms with van der Waals surface area (Å²) in [7, 11) is 0. The summed E-state index contributed by atoms with van der Waals surface area (Å²) in [5.74, 6) is 0.236. The third-order valence-electron chi connectivity index (χ3n) is 4.27. The van der Waals surface area contributed by atoms with Gasteiger partial charge in [0.15, 0.2) is 0 Å². The van der Waals surface area contributed by atoms with Crippen molar-refractivity contribution in [1.82, 2.24) is 15.0 Å². The number of carbonyl (C=O) groups is 1. The standard InChI is InChI=1S/C22H19N5O/c1-15-7-8-19-18(13-15)21(16-5-3-2-4-6-16)27-22(26-19)24-14-20(28)25-17-9-11-23-12-10-17/h2-13H,14H2,1H3,(H,23,25,28)(H,24,26,27). The Bertz CT molecular complexity index is 1110. The number of anilines is 2. The lowest BCUT2D eigenvalue weighted by Gasteiger charge is -2.11. The molecule has 0 fully saturated rings. The smallest absolute Gasteiger partial charge is 0.243 e. The molecule has 0 aliphatic rings. The van der Waals surface area contributed by atoms with Crippen LogP contribution in [-0.4, -0.2) is 27.4 Å². The van der Waals surface area contributed by atoms with Crippen molar-refractivity contribution in [1.29, 1.82) is 0 Å². The quantitative estimate of drug-likeness (QED) is 0.555. The van der Waals surface area contributed by atoms with Gasteiger partial charge < -0.3 is 10.6 Å². The molecular weight excluding hydrogens is 350 g/mol. The van der Waals surface area contributed by atoms with Gasteiger partial charge in [0.1, 0.15) is 0 Å². The third-order valence-corrected chi connectivity index (χ3v) is 4.27. The molecule has 0 saturated heterocycles. The third kappa shape index (κ3) is 3.96. The maximum atomic E-state index is 12.2. The number of amides is 1. The predicted octanol–water partition coefficient (Wildman–Crippen LogP) is 4.05. The van der Waals surface area contributed by atoms with Crippen LogP contribution in [0, 0.1) is 6.92 Å². The van der Waals surface area contributed by atoms with Gasteiger partial charge in [-0.05, 0) is 31.2 Å². The molecule has 0 unspecified atom stereocenters. The summed E-state index contributed by atoms with van der Waals surface area (Å²) in [4.78, 5) is 25.4. The molecule has 1 amide bonds. The van der Waals surface area contributed by atoms with Gasteiger partial charge in [0.2, 0.25) is 11.9 Å². The first-order chi connectivity index (χ1) is 13.7. The SMILES string of the molecule is Cc1ccc2nc(NCC(=O)Nc3ccncc3)nc(-c3ccccc3)c2c1. The second-order valence-corrected chi connectivity index (χ2v) is 6.42. The van der Waals surface area contributed by atoms with Crippen LogP contribution in [0.25, 0.3) is 22.2 Å². The Morgan fingerprint density at radius 1 is 0.964 bits per heavy atom. The average Bonchev–Trinajstić information content (AvgIpc) is 2.73. The highest BCUT2D eigenvalue weighted by molar-refractivity contribution is 5.95. The Labute approximate surface area is 162 Å². The van der Waals surface area contributed by atoms with Crippen molar-refractivity contribution in [2.75, 3.05) is 17.2 Å². The highest BCUT2D eigenvalue weighted by atomic mass is 16.1. The normalized spacial score (nSPS) is 10.6. The van der Waals surface area contributed by atoms with E-state index in [-0.39, 0.29) is 12.5 Å². The minimum atomic E-state index is -0.180. The van der Waals surface area contributed by atoms with Crippen molar-refractivity contribution < 1.29 is 4.79 Å². The van der Waals surface area contributed by atoms with E-state index < -0.39 is 0 Å². The Morgan fingerprint density at radius 3 is 2.54 bits per heavy atom. The zero-order valence-electron chi connectivity index (χ0n) is 15.4.